The van der Waals surface area contributed by atoms with Crippen molar-refractivity contribution in [3.8, 4) is 0 Å². The predicted molar refractivity (Wildman–Crippen MR) is 75.2 cm³/mol. The van der Waals surface area contributed by atoms with Crippen molar-refractivity contribution in [2.45, 2.75) is 33.6 Å². The van der Waals surface area contributed by atoms with Gasteiger partial charge in [0.1, 0.15) is 0 Å². The molecular weight excluding hydrogens is 226 g/mol. The first-order valence-electron chi connectivity index (χ1n) is 7.22. The van der Waals surface area contributed by atoms with Crippen LogP contribution in [-0.2, 0) is 4.79 Å². The number of piperidine rings is 1. The molecule has 1 fully saturated rings. The molecule has 0 bridgehead atoms. The molecule has 0 spiro atoms. The van der Waals surface area contributed by atoms with E-state index in [1.54, 1.807) is 0 Å². The lowest BCUT2D eigenvalue weighted by molar-refractivity contribution is -0.122. The Bertz CT molecular complexity index is 255. The number of carbonyl (C=O) groups is 1. The minimum absolute atomic E-state index is 0.161. The number of nitrogens with one attached hydrogen (secondary N) is 1. The van der Waals surface area contributed by atoms with Crippen molar-refractivity contribution >= 4 is 5.91 Å². The van der Waals surface area contributed by atoms with Crippen LogP contribution in [0.2, 0.25) is 0 Å². The molecule has 0 saturated carbocycles. The molecule has 4 heteroatoms. The average Bonchev–Trinajstić information content (AvgIpc) is 2.28. The molecule has 18 heavy (non-hydrogen) atoms. The summed E-state index contributed by atoms with van der Waals surface area (Å²) in [7, 11) is 0. The van der Waals surface area contributed by atoms with Crippen LogP contribution < -0.4 is 11.1 Å². The van der Waals surface area contributed by atoms with Crippen LogP contribution in [0.15, 0.2) is 0 Å². The van der Waals surface area contributed by atoms with Crippen LogP contribution in [0, 0.1) is 17.8 Å². The lowest BCUT2D eigenvalue weighted by Gasteiger charge is -2.35. The summed E-state index contributed by atoms with van der Waals surface area (Å²) in [6, 6.07) is 0. The highest BCUT2D eigenvalue weighted by Crippen LogP contribution is 2.21. The van der Waals surface area contributed by atoms with E-state index in [0.717, 1.165) is 39.0 Å². The molecule has 0 radical (unpaired) electrons. The molecule has 0 aliphatic carbocycles. The molecule has 0 aromatic carbocycles. The zero-order chi connectivity index (χ0) is 13.5. The van der Waals surface area contributed by atoms with Gasteiger partial charge in [0.15, 0.2) is 0 Å². The molecule has 2 unspecified atom stereocenters. The first kappa shape index (κ1) is 15.4. The summed E-state index contributed by atoms with van der Waals surface area (Å²) in [5, 5.41) is 3.00. The van der Waals surface area contributed by atoms with Gasteiger partial charge in [0.2, 0.25) is 5.91 Å². The number of rotatable bonds is 6. The molecule has 0 aromatic heterocycles. The Labute approximate surface area is 111 Å². The van der Waals surface area contributed by atoms with Crippen molar-refractivity contribution < 1.29 is 4.79 Å². The van der Waals surface area contributed by atoms with Gasteiger partial charge in [-0.1, -0.05) is 20.8 Å². The third-order valence-electron chi connectivity index (χ3n) is 3.88. The Morgan fingerprint density at radius 2 is 2.22 bits per heavy atom. The largest absolute Gasteiger partial charge is 0.355 e. The quantitative estimate of drug-likeness (QED) is 0.746. The Morgan fingerprint density at radius 1 is 1.50 bits per heavy atom. The minimum atomic E-state index is 0.161. The lowest BCUT2D eigenvalue weighted by Crippen LogP contribution is -2.46. The van der Waals surface area contributed by atoms with Crippen LogP contribution in [0.3, 0.4) is 0 Å². The van der Waals surface area contributed by atoms with Crippen LogP contribution in [0.25, 0.3) is 0 Å². The average molecular weight is 255 g/mol. The number of nitrogens with zero attached hydrogens (tertiary/aromatic N) is 1. The molecule has 1 aliphatic rings. The van der Waals surface area contributed by atoms with E-state index in [0.29, 0.717) is 24.3 Å². The standard InChI is InChI=1S/C14H29N3O/c1-11(2)4-6-16-14(18)10-17-7-5-13(8-15)12(3)9-17/h11-13H,4-10,15H2,1-3H3,(H,16,18). The Hall–Kier alpha value is -0.610. The summed E-state index contributed by atoms with van der Waals surface area (Å²) in [6.45, 7) is 10.7. The molecular formula is C14H29N3O. The van der Waals surface area contributed by atoms with Crippen LogP contribution in [0.4, 0.5) is 0 Å². The third-order valence-corrected chi connectivity index (χ3v) is 3.88. The van der Waals surface area contributed by atoms with E-state index in [4.69, 9.17) is 5.73 Å². The molecule has 1 amide bonds. The Kier molecular flexibility index (Phi) is 6.65. The first-order valence-corrected chi connectivity index (χ1v) is 7.22. The third kappa shape index (κ3) is 5.36. The second kappa shape index (κ2) is 7.74. The van der Waals surface area contributed by atoms with E-state index in [-0.39, 0.29) is 5.91 Å². The highest BCUT2D eigenvalue weighted by Gasteiger charge is 2.25. The monoisotopic (exact) mass is 255 g/mol. The van der Waals surface area contributed by atoms with Crippen LogP contribution in [-0.4, -0.2) is 43.5 Å². The SMILES string of the molecule is CC(C)CCNC(=O)CN1CCC(CN)C(C)C1. The number of hydrogen-bond acceptors (Lipinski definition) is 3. The van der Waals surface area contributed by atoms with Gasteiger partial charge in [0.05, 0.1) is 6.54 Å². The van der Waals surface area contributed by atoms with Crippen LogP contribution in [0.1, 0.15) is 33.6 Å². The van der Waals surface area contributed by atoms with Crippen molar-refractivity contribution in [1.82, 2.24) is 10.2 Å². The first-order chi connectivity index (χ1) is 8.52. The second-order valence-corrected chi connectivity index (χ2v) is 6.03. The number of likely N-dealkylation sites (tertiary alicyclic amines) is 1. The van der Waals surface area contributed by atoms with Gasteiger partial charge in [0, 0.05) is 13.1 Å². The van der Waals surface area contributed by atoms with Gasteiger partial charge < -0.3 is 11.1 Å². The van der Waals surface area contributed by atoms with Gasteiger partial charge in [-0.25, -0.2) is 0 Å². The van der Waals surface area contributed by atoms with Crippen molar-refractivity contribution in [3.63, 3.8) is 0 Å². The highest BCUT2D eigenvalue weighted by molar-refractivity contribution is 5.77. The van der Waals surface area contributed by atoms with Crippen molar-refractivity contribution in [2.24, 2.45) is 23.5 Å². The number of hydrogen-bond donors (Lipinski definition) is 2. The molecule has 3 N–H and O–H groups in total. The van der Waals surface area contributed by atoms with Crippen molar-refractivity contribution in [2.75, 3.05) is 32.7 Å². The Balaban J connectivity index is 2.21. The van der Waals surface area contributed by atoms with Gasteiger partial charge in [-0.3, -0.25) is 9.69 Å². The van der Waals surface area contributed by atoms with Gasteiger partial charge >= 0.3 is 0 Å². The van der Waals surface area contributed by atoms with Gasteiger partial charge in [-0.15, -0.1) is 0 Å². The van der Waals surface area contributed by atoms with Crippen LogP contribution in [0.5, 0.6) is 0 Å². The summed E-state index contributed by atoms with van der Waals surface area (Å²) in [5.41, 5.74) is 5.74. The summed E-state index contributed by atoms with van der Waals surface area (Å²) in [4.78, 5) is 14.0. The molecule has 1 aliphatic heterocycles. The van der Waals surface area contributed by atoms with E-state index in [1.165, 1.54) is 0 Å². The van der Waals surface area contributed by atoms with Crippen molar-refractivity contribution in [3.05, 3.63) is 0 Å². The fourth-order valence-electron chi connectivity index (χ4n) is 2.53. The maximum atomic E-state index is 11.8. The molecule has 0 aromatic rings. The summed E-state index contributed by atoms with van der Waals surface area (Å²) >= 11 is 0. The zero-order valence-electron chi connectivity index (χ0n) is 12.1. The maximum Gasteiger partial charge on any atom is 0.234 e. The van der Waals surface area contributed by atoms with E-state index < -0.39 is 0 Å². The molecule has 1 saturated heterocycles. The Morgan fingerprint density at radius 3 is 2.78 bits per heavy atom. The van der Waals surface area contributed by atoms with Crippen LogP contribution >= 0.6 is 0 Å². The minimum Gasteiger partial charge on any atom is -0.355 e. The molecule has 106 valence electrons. The van der Waals surface area contributed by atoms with Gasteiger partial charge in [-0.05, 0) is 43.7 Å². The number of nitrogens with two attached hydrogens (primary N) is 1. The predicted octanol–water partition coefficient (Wildman–Crippen LogP) is 1.07. The molecule has 2 atom stereocenters. The summed E-state index contributed by atoms with van der Waals surface area (Å²) < 4.78 is 0. The van der Waals surface area contributed by atoms with Crippen molar-refractivity contribution in [1.29, 1.82) is 0 Å². The van der Waals surface area contributed by atoms with E-state index in [1.807, 2.05) is 0 Å². The maximum absolute atomic E-state index is 11.8. The number of carbonyl (C=O) groups excluding carboxylic acids is 1. The molecule has 4 nitrogen and oxygen atoms in total. The second-order valence-electron chi connectivity index (χ2n) is 6.03. The van der Waals surface area contributed by atoms with E-state index >= 15 is 0 Å². The van der Waals surface area contributed by atoms with Gasteiger partial charge in [0.25, 0.3) is 0 Å². The summed E-state index contributed by atoms with van der Waals surface area (Å²) in [6.07, 6.45) is 2.17. The molecule has 1 heterocycles. The number of amides is 1. The zero-order valence-corrected chi connectivity index (χ0v) is 12.1. The normalized spacial score (nSPS) is 25.4. The highest BCUT2D eigenvalue weighted by atomic mass is 16.2. The smallest absolute Gasteiger partial charge is 0.234 e. The summed E-state index contributed by atoms with van der Waals surface area (Å²) in [5.74, 6) is 2.04. The van der Waals surface area contributed by atoms with E-state index in [2.05, 4.69) is 31.0 Å². The fraction of sp³-hybridized carbons (Fsp3) is 0.929. The fourth-order valence-corrected chi connectivity index (χ4v) is 2.53. The topological polar surface area (TPSA) is 58.4 Å². The van der Waals surface area contributed by atoms with E-state index in [9.17, 15) is 4.79 Å². The lowest BCUT2D eigenvalue weighted by atomic mass is 9.87. The molecule has 1 rings (SSSR count). The van der Waals surface area contributed by atoms with Gasteiger partial charge in [-0.2, -0.15) is 0 Å².